The van der Waals surface area contributed by atoms with E-state index in [0.29, 0.717) is 35.7 Å². The van der Waals surface area contributed by atoms with E-state index in [4.69, 9.17) is 9.47 Å². The summed E-state index contributed by atoms with van der Waals surface area (Å²) in [5.41, 5.74) is 2.36. The minimum absolute atomic E-state index is 0.125. The van der Waals surface area contributed by atoms with Crippen molar-refractivity contribution in [3.05, 3.63) is 77.4 Å². The number of rotatable bonds is 7. The van der Waals surface area contributed by atoms with Gasteiger partial charge in [0, 0.05) is 24.2 Å². The number of halogens is 3. The molecule has 7 heteroatoms. The molecule has 0 unspecified atom stereocenters. The molecule has 0 heterocycles. The third-order valence-electron chi connectivity index (χ3n) is 4.72. The quantitative estimate of drug-likeness (QED) is 0.542. The second kappa shape index (κ2) is 9.09. The molecule has 0 radical (unpaired) electrons. The molecule has 0 aromatic heterocycles. The Bertz CT molecular complexity index is 1000. The first kappa shape index (κ1) is 21.5. The lowest BCUT2D eigenvalue weighted by molar-refractivity contribution is -0.137. The first-order valence-electron chi connectivity index (χ1n) is 9.23. The van der Waals surface area contributed by atoms with Crippen LogP contribution in [0.2, 0.25) is 0 Å². The Kier molecular flexibility index (Phi) is 6.52. The van der Waals surface area contributed by atoms with Gasteiger partial charge in [0.05, 0.1) is 19.8 Å². The molecular formula is C23H22F3NO3. The van der Waals surface area contributed by atoms with E-state index in [9.17, 15) is 18.3 Å². The van der Waals surface area contributed by atoms with Crippen molar-refractivity contribution in [1.29, 1.82) is 0 Å². The van der Waals surface area contributed by atoms with Gasteiger partial charge >= 0.3 is 6.18 Å². The topological polar surface area (TPSA) is 50.7 Å². The molecule has 0 fully saturated rings. The summed E-state index contributed by atoms with van der Waals surface area (Å²) in [4.78, 5) is 0. The van der Waals surface area contributed by atoms with Gasteiger partial charge in [-0.1, -0.05) is 18.2 Å². The summed E-state index contributed by atoms with van der Waals surface area (Å²) < 4.78 is 48.7. The third kappa shape index (κ3) is 5.04. The number of phenols is 1. The van der Waals surface area contributed by atoms with E-state index < -0.39 is 11.7 Å². The highest BCUT2D eigenvalue weighted by Crippen LogP contribution is 2.35. The predicted octanol–water partition coefficient (Wildman–Crippen LogP) is 5.39. The van der Waals surface area contributed by atoms with Crippen LogP contribution >= 0.6 is 0 Å². The first-order valence-corrected chi connectivity index (χ1v) is 9.23. The van der Waals surface area contributed by atoms with Crippen molar-refractivity contribution >= 4 is 0 Å². The van der Waals surface area contributed by atoms with Crippen LogP contribution in [0.3, 0.4) is 0 Å². The molecule has 4 nitrogen and oxygen atoms in total. The van der Waals surface area contributed by atoms with Crippen molar-refractivity contribution < 1.29 is 27.8 Å². The summed E-state index contributed by atoms with van der Waals surface area (Å²) in [5, 5.41) is 13.4. The molecule has 0 atom stereocenters. The molecule has 0 saturated heterocycles. The van der Waals surface area contributed by atoms with Gasteiger partial charge in [-0.2, -0.15) is 13.2 Å². The molecule has 2 N–H and O–H groups in total. The molecule has 158 valence electrons. The van der Waals surface area contributed by atoms with Gasteiger partial charge in [-0.3, -0.25) is 0 Å². The molecule has 0 saturated carbocycles. The number of alkyl halides is 3. The van der Waals surface area contributed by atoms with Crippen molar-refractivity contribution in [3.63, 3.8) is 0 Å². The Morgan fingerprint density at radius 1 is 0.867 bits per heavy atom. The standard InChI is InChI=1S/C23H22F3NO3/c1-29-19-8-10-22(30-2)20(12-19)16-5-9-21(28)17(11-16)14-27-13-15-3-6-18(7-4-15)23(24,25)26/h3-12,27-28H,13-14H2,1-2H3. The highest BCUT2D eigenvalue weighted by Gasteiger charge is 2.29. The largest absolute Gasteiger partial charge is 0.508 e. The average molecular weight is 417 g/mol. The number of nitrogens with one attached hydrogen (secondary N) is 1. The zero-order chi connectivity index (χ0) is 21.7. The van der Waals surface area contributed by atoms with Crippen LogP contribution in [0.1, 0.15) is 16.7 Å². The van der Waals surface area contributed by atoms with Crippen LogP contribution in [0.4, 0.5) is 13.2 Å². The highest BCUT2D eigenvalue weighted by molar-refractivity contribution is 5.73. The van der Waals surface area contributed by atoms with Gasteiger partial charge in [-0.15, -0.1) is 0 Å². The summed E-state index contributed by atoms with van der Waals surface area (Å²) in [6.07, 6.45) is -4.35. The number of hydrogen-bond acceptors (Lipinski definition) is 4. The Morgan fingerprint density at radius 2 is 1.60 bits per heavy atom. The molecule has 0 amide bonds. The van der Waals surface area contributed by atoms with Gasteiger partial charge < -0.3 is 19.9 Å². The smallest absolute Gasteiger partial charge is 0.416 e. The maximum Gasteiger partial charge on any atom is 0.416 e. The summed E-state index contributed by atoms with van der Waals surface area (Å²) in [5.74, 6) is 1.48. The van der Waals surface area contributed by atoms with Crippen LogP contribution in [0, 0.1) is 0 Å². The molecule has 3 aromatic carbocycles. The zero-order valence-electron chi connectivity index (χ0n) is 16.6. The normalized spacial score (nSPS) is 11.4. The minimum atomic E-state index is -4.35. The van der Waals surface area contributed by atoms with Crippen LogP contribution in [-0.2, 0) is 19.3 Å². The summed E-state index contributed by atoms with van der Waals surface area (Å²) in [6, 6.07) is 15.7. The Labute approximate surface area is 172 Å². The van der Waals surface area contributed by atoms with Gasteiger partial charge in [-0.05, 0) is 53.6 Å². The van der Waals surface area contributed by atoms with Crippen LogP contribution in [-0.4, -0.2) is 19.3 Å². The number of phenolic OH excluding ortho intramolecular Hbond substituents is 1. The van der Waals surface area contributed by atoms with E-state index in [-0.39, 0.29) is 5.75 Å². The minimum Gasteiger partial charge on any atom is -0.508 e. The first-order chi connectivity index (χ1) is 14.3. The lowest BCUT2D eigenvalue weighted by atomic mass is 10.0. The van der Waals surface area contributed by atoms with Gasteiger partial charge in [0.25, 0.3) is 0 Å². The van der Waals surface area contributed by atoms with Crippen molar-refractivity contribution in [1.82, 2.24) is 5.32 Å². The van der Waals surface area contributed by atoms with E-state index in [2.05, 4.69) is 5.32 Å². The maximum atomic E-state index is 12.7. The fourth-order valence-electron chi connectivity index (χ4n) is 3.09. The monoisotopic (exact) mass is 417 g/mol. The summed E-state index contributed by atoms with van der Waals surface area (Å²) in [7, 11) is 3.16. The number of benzene rings is 3. The highest BCUT2D eigenvalue weighted by atomic mass is 19.4. The van der Waals surface area contributed by atoms with E-state index in [1.165, 1.54) is 12.1 Å². The Balaban J connectivity index is 1.74. The number of methoxy groups -OCH3 is 2. The van der Waals surface area contributed by atoms with Crippen molar-refractivity contribution in [2.45, 2.75) is 19.3 Å². The second-order valence-corrected chi connectivity index (χ2v) is 6.71. The molecule has 3 aromatic rings. The summed E-state index contributed by atoms with van der Waals surface area (Å²) >= 11 is 0. The molecule has 3 rings (SSSR count). The lowest BCUT2D eigenvalue weighted by Crippen LogP contribution is -2.13. The Hall–Kier alpha value is -3.19. The molecule has 30 heavy (non-hydrogen) atoms. The van der Waals surface area contributed by atoms with Crippen LogP contribution in [0.5, 0.6) is 17.2 Å². The van der Waals surface area contributed by atoms with Gasteiger partial charge in [0.2, 0.25) is 0 Å². The lowest BCUT2D eigenvalue weighted by Gasteiger charge is -2.13. The van der Waals surface area contributed by atoms with Crippen LogP contribution in [0.15, 0.2) is 60.7 Å². The van der Waals surface area contributed by atoms with Crippen LogP contribution in [0.25, 0.3) is 11.1 Å². The van der Waals surface area contributed by atoms with E-state index in [1.54, 1.807) is 32.4 Å². The van der Waals surface area contributed by atoms with Crippen molar-refractivity contribution in [2.75, 3.05) is 14.2 Å². The fraction of sp³-hybridized carbons (Fsp3) is 0.217. The van der Waals surface area contributed by atoms with Gasteiger partial charge in [0.1, 0.15) is 17.2 Å². The molecule has 0 aliphatic rings. The third-order valence-corrected chi connectivity index (χ3v) is 4.72. The SMILES string of the molecule is COc1ccc(OC)c(-c2ccc(O)c(CNCc3ccc(C(F)(F)F)cc3)c2)c1. The van der Waals surface area contributed by atoms with Crippen molar-refractivity contribution in [2.24, 2.45) is 0 Å². The van der Waals surface area contributed by atoms with Gasteiger partial charge in [-0.25, -0.2) is 0 Å². The molecule has 0 bridgehead atoms. The number of aromatic hydroxyl groups is 1. The van der Waals surface area contributed by atoms with Gasteiger partial charge in [0.15, 0.2) is 0 Å². The molecule has 0 aliphatic carbocycles. The van der Waals surface area contributed by atoms with E-state index in [0.717, 1.165) is 23.3 Å². The van der Waals surface area contributed by atoms with Crippen LogP contribution < -0.4 is 14.8 Å². The fourth-order valence-corrected chi connectivity index (χ4v) is 3.09. The maximum absolute atomic E-state index is 12.7. The molecule has 0 aliphatic heterocycles. The molecule has 0 spiro atoms. The van der Waals surface area contributed by atoms with E-state index in [1.807, 2.05) is 18.2 Å². The number of ether oxygens (including phenoxy) is 2. The Morgan fingerprint density at radius 3 is 2.23 bits per heavy atom. The molecular weight excluding hydrogens is 395 g/mol. The number of hydrogen-bond donors (Lipinski definition) is 2. The second-order valence-electron chi connectivity index (χ2n) is 6.71. The zero-order valence-corrected chi connectivity index (χ0v) is 16.6. The van der Waals surface area contributed by atoms with Crippen molar-refractivity contribution in [3.8, 4) is 28.4 Å². The summed E-state index contributed by atoms with van der Waals surface area (Å²) in [6.45, 7) is 0.706. The average Bonchev–Trinajstić information content (AvgIpc) is 2.74. The predicted molar refractivity (Wildman–Crippen MR) is 109 cm³/mol. The van der Waals surface area contributed by atoms with E-state index >= 15 is 0 Å².